The largest absolute Gasteiger partial charge is 0.409 e. The Morgan fingerprint density at radius 3 is 2.40 bits per heavy atom. The van der Waals surface area contributed by atoms with Crippen LogP contribution in [0.25, 0.3) is 6.08 Å². The quantitative estimate of drug-likeness (QED) is 0.366. The van der Waals surface area contributed by atoms with Crippen LogP contribution in [0.3, 0.4) is 0 Å². The molecule has 1 aliphatic carbocycles. The molecule has 5 heteroatoms. The van der Waals surface area contributed by atoms with E-state index in [1.54, 1.807) is 6.07 Å². The third-order valence-corrected chi connectivity index (χ3v) is 5.15. The van der Waals surface area contributed by atoms with E-state index in [-0.39, 0.29) is 22.6 Å². The van der Waals surface area contributed by atoms with E-state index in [0.29, 0.717) is 12.0 Å². The van der Waals surface area contributed by atoms with Crippen LogP contribution in [0.1, 0.15) is 62.5 Å². The van der Waals surface area contributed by atoms with Crippen molar-refractivity contribution in [3.05, 3.63) is 52.3 Å². The molecule has 0 bridgehead atoms. The number of alkyl halides is 3. The van der Waals surface area contributed by atoms with Crippen molar-refractivity contribution in [2.75, 3.05) is 0 Å². The molecular formula is C20H23ClF4. The summed E-state index contributed by atoms with van der Waals surface area (Å²) in [7, 11) is 0. The molecule has 0 aromatic heterocycles. The van der Waals surface area contributed by atoms with Crippen LogP contribution >= 0.6 is 11.6 Å². The summed E-state index contributed by atoms with van der Waals surface area (Å²) in [6.45, 7) is 2.02. The number of hydrogen-bond donors (Lipinski definition) is 0. The van der Waals surface area contributed by atoms with Crippen LogP contribution in [-0.4, -0.2) is 6.18 Å². The molecule has 138 valence electrons. The van der Waals surface area contributed by atoms with Crippen molar-refractivity contribution in [1.82, 2.24) is 0 Å². The van der Waals surface area contributed by atoms with E-state index < -0.39 is 12.0 Å². The standard InChI is InChI=1S/C20H23ClF4/c1-2-3-4-5-14-6-8-15(9-7-14)16-12-18(21)17(19(22)13-16)10-11-20(23,24)25/h2-3,10-15H,4-9H2,1H3. The van der Waals surface area contributed by atoms with E-state index in [1.807, 2.05) is 6.92 Å². The van der Waals surface area contributed by atoms with Gasteiger partial charge in [-0.1, -0.05) is 23.8 Å². The van der Waals surface area contributed by atoms with Gasteiger partial charge in [-0.2, -0.15) is 13.2 Å². The first kappa shape index (κ1) is 20.0. The normalized spacial score (nSPS) is 22.2. The van der Waals surface area contributed by atoms with Crippen LogP contribution < -0.4 is 0 Å². The van der Waals surface area contributed by atoms with Gasteiger partial charge in [0, 0.05) is 11.6 Å². The van der Waals surface area contributed by atoms with E-state index >= 15 is 0 Å². The fourth-order valence-corrected chi connectivity index (χ4v) is 3.74. The van der Waals surface area contributed by atoms with Gasteiger partial charge in [-0.3, -0.25) is 0 Å². The van der Waals surface area contributed by atoms with Crippen molar-refractivity contribution in [3.8, 4) is 0 Å². The summed E-state index contributed by atoms with van der Waals surface area (Å²) in [5, 5.41) is 0.0331. The van der Waals surface area contributed by atoms with Crippen LogP contribution in [0.2, 0.25) is 5.02 Å². The first-order valence-corrected chi connectivity index (χ1v) is 9.04. The van der Waals surface area contributed by atoms with Crippen molar-refractivity contribution in [2.24, 2.45) is 5.92 Å². The van der Waals surface area contributed by atoms with Crippen LogP contribution in [0.15, 0.2) is 30.4 Å². The topological polar surface area (TPSA) is 0 Å². The highest BCUT2D eigenvalue weighted by Crippen LogP contribution is 2.39. The zero-order valence-corrected chi connectivity index (χ0v) is 15.0. The Labute approximate surface area is 151 Å². The summed E-state index contributed by atoms with van der Waals surface area (Å²) in [6, 6.07) is 2.96. The van der Waals surface area contributed by atoms with E-state index in [0.717, 1.165) is 37.7 Å². The minimum Gasteiger partial charge on any atom is -0.206 e. The van der Waals surface area contributed by atoms with Gasteiger partial charge in [0.2, 0.25) is 0 Å². The molecule has 1 saturated carbocycles. The highest BCUT2D eigenvalue weighted by atomic mass is 35.5. The average Bonchev–Trinajstić information content (AvgIpc) is 2.54. The molecule has 2 rings (SSSR count). The maximum atomic E-state index is 14.2. The second-order valence-corrected chi connectivity index (χ2v) is 7.04. The molecule has 1 fully saturated rings. The van der Waals surface area contributed by atoms with Gasteiger partial charge in [-0.05, 0) is 81.1 Å². The smallest absolute Gasteiger partial charge is 0.206 e. The maximum absolute atomic E-state index is 14.2. The first-order chi connectivity index (χ1) is 11.8. The minimum atomic E-state index is -4.49. The van der Waals surface area contributed by atoms with Crippen molar-refractivity contribution in [1.29, 1.82) is 0 Å². The second-order valence-electron chi connectivity index (χ2n) is 6.64. The predicted molar refractivity (Wildman–Crippen MR) is 95.2 cm³/mol. The SMILES string of the molecule is CC=CCCC1CCC(c2cc(F)c(C=CC(F)(F)F)c(Cl)c2)CC1. The zero-order chi connectivity index (χ0) is 18.4. The maximum Gasteiger partial charge on any atom is 0.409 e. The third kappa shape index (κ3) is 6.18. The lowest BCUT2D eigenvalue weighted by Gasteiger charge is -2.29. The van der Waals surface area contributed by atoms with E-state index in [2.05, 4.69) is 12.2 Å². The Morgan fingerprint density at radius 1 is 1.16 bits per heavy atom. The van der Waals surface area contributed by atoms with Crippen LogP contribution in [0.4, 0.5) is 17.6 Å². The Balaban J connectivity index is 2.03. The van der Waals surface area contributed by atoms with Gasteiger partial charge < -0.3 is 0 Å². The Hall–Kier alpha value is -1.29. The summed E-state index contributed by atoms with van der Waals surface area (Å²) < 4.78 is 51.0. The fourth-order valence-electron chi connectivity index (χ4n) is 3.46. The first-order valence-electron chi connectivity index (χ1n) is 8.66. The molecule has 0 amide bonds. The number of benzene rings is 1. The highest BCUT2D eigenvalue weighted by Gasteiger charge is 2.25. The molecule has 0 atom stereocenters. The molecule has 0 heterocycles. The molecule has 1 aromatic rings. The lowest BCUT2D eigenvalue weighted by atomic mass is 9.77. The Morgan fingerprint density at radius 2 is 1.84 bits per heavy atom. The van der Waals surface area contributed by atoms with Gasteiger partial charge in [0.25, 0.3) is 0 Å². The summed E-state index contributed by atoms with van der Waals surface area (Å²) in [4.78, 5) is 0. The van der Waals surface area contributed by atoms with E-state index in [9.17, 15) is 17.6 Å². The summed E-state index contributed by atoms with van der Waals surface area (Å²) >= 11 is 6.03. The molecular weight excluding hydrogens is 352 g/mol. The van der Waals surface area contributed by atoms with Crippen LogP contribution in [0, 0.1) is 11.7 Å². The predicted octanol–water partition coefficient (Wildman–Crippen LogP) is 7.68. The lowest BCUT2D eigenvalue weighted by molar-refractivity contribution is -0.0790. The van der Waals surface area contributed by atoms with E-state index in [4.69, 9.17) is 11.6 Å². The molecule has 0 nitrogen and oxygen atoms in total. The molecule has 0 unspecified atom stereocenters. The number of rotatable bonds is 5. The number of allylic oxidation sites excluding steroid dienone is 3. The van der Waals surface area contributed by atoms with Gasteiger partial charge in [-0.25, -0.2) is 4.39 Å². The minimum absolute atomic E-state index is 0.00687. The summed E-state index contributed by atoms with van der Waals surface area (Å²) in [5.74, 6) is 0.227. The fraction of sp³-hybridized carbons (Fsp3) is 0.500. The van der Waals surface area contributed by atoms with Crippen LogP contribution in [-0.2, 0) is 0 Å². The number of hydrogen-bond acceptors (Lipinski definition) is 0. The third-order valence-electron chi connectivity index (χ3n) is 4.84. The molecule has 25 heavy (non-hydrogen) atoms. The van der Waals surface area contributed by atoms with Gasteiger partial charge in [-0.15, -0.1) is 0 Å². The van der Waals surface area contributed by atoms with Crippen LogP contribution in [0.5, 0.6) is 0 Å². The molecule has 1 aromatic carbocycles. The van der Waals surface area contributed by atoms with E-state index in [1.165, 1.54) is 12.5 Å². The van der Waals surface area contributed by atoms with Crippen molar-refractivity contribution >= 4 is 17.7 Å². The van der Waals surface area contributed by atoms with Gasteiger partial charge in [0.1, 0.15) is 5.82 Å². The highest BCUT2D eigenvalue weighted by molar-refractivity contribution is 6.32. The average molecular weight is 375 g/mol. The van der Waals surface area contributed by atoms with Crippen molar-refractivity contribution in [2.45, 2.75) is 57.5 Å². The summed E-state index contributed by atoms with van der Waals surface area (Å²) in [5.41, 5.74) is 0.585. The molecule has 0 aliphatic heterocycles. The second kappa shape index (κ2) is 8.88. The van der Waals surface area contributed by atoms with Gasteiger partial charge in [0.05, 0.1) is 5.02 Å². The molecule has 0 radical (unpaired) electrons. The zero-order valence-electron chi connectivity index (χ0n) is 14.3. The molecule has 0 saturated heterocycles. The van der Waals surface area contributed by atoms with Gasteiger partial charge in [0.15, 0.2) is 0 Å². The molecule has 1 aliphatic rings. The monoisotopic (exact) mass is 374 g/mol. The molecule has 0 spiro atoms. The van der Waals surface area contributed by atoms with Crippen molar-refractivity contribution < 1.29 is 17.6 Å². The Kier molecular flexibility index (Phi) is 7.12. The lowest BCUT2D eigenvalue weighted by Crippen LogP contribution is -2.13. The van der Waals surface area contributed by atoms with Gasteiger partial charge >= 0.3 is 6.18 Å². The number of halogens is 5. The molecule has 0 N–H and O–H groups in total. The summed E-state index contributed by atoms with van der Waals surface area (Å²) in [6.07, 6.45) is 6.84. The Bertz CT molecular complexity index is 600. The van der Waals surface area contributed by atoms with Crippen molar-refractivity contribution in [3.63, 3.8) is 0 Å².